The molecule has 2 atom stereocenters. The Morgan fingerprint density at radius 1 is 1.60 bits per heavy atom. The minimum atomic E-state index is -0.197. The van der Waals surface area contributed by atoms with E-state index in [0.717, 1.165) is 32.5 Å². The van der Waals surface area contributed by atoms with Crippen molar-refractivity contribution in [2.45, 2.75) is 25.8 Å². The van der Waals surface area contributed by atoms with Gasteiger partial charge in [-0.1, -0.05) is 0 Å². The SMILES string of the molecule is CN(C(=O)C1(C)CCNC1)C1CCOC1. The average molecular weight is 212 g/mol. The molecule has 4 nitrogen and oxygen atoms in total. The Labute approximate surface area is 91.0 Å². The molecule has 2 heterocycles. The maximum atomic E-state index is 12.3. The summed E-state index contributed by atoms with van der Waals surface area (Å²) >= 11 is 0. The summed E-state index contributed by atoms with van der Waals surface area (Å²) in [5, 5.41) is 3.26. The van der Waals surface area contributed by atoms with Crippen molar-refractivity contribution in [3.05, 3.63) is 0 Å². The molecular formula is C11H20N2O2. The number of amides is 1. The van der Waals surface area contributed by atoms with E-state index in [1.807, 2.05) is 11.9 Å². The lowest BCUT2D eigenvalue weighted by Gasteiger charge is -2.31. The fourth-order valence-electron chi connectivity index (χ4n) is 2.42. The van der Waals surface area contributed by atoms with Gasteiger partial charge in [0.25, 0.3) is 0 Å². The van der Waals surface area contributed by atoms with Crippen LogP contribution < -0.4 is 5.32 Å². The molecule has 2 saturated heterocycles. The molecule has 0 aromatic carbocycles. The van der Waals surface area contributed by atoms with Crippen molar-refractivity contribution in [2.24, 2.45) is 5.41 Å². The van der Waals surface area contributed by atoms with Gasteiger partial charge in [0, 0.05) is 20.2 Å². The smallest absolute Gasteiger partial charge is 0.229 e. The van der Waals surface area contributed by atoms with Gasteiger partial charge < -0.3 is 15.0 Å². The highest BCUT2D eigenvalue weighted by molar-refractivity contribution is 5.83. The largest absolute Gasteiger partial charge is 0.379 e. The zero-order valence-corrected chi connectivity index (χ0v) is 9.58. The number of hydrogen-bond acceptors (Lipinski definition) is 3. The summed E-state index contributed by atoms with van der Waals surface area (Å²) in [5.41, 5.74) is -0.197. The number of carbonyl (C=O) groups excluding carboxylic acids is 1. The van der Waals surface area contributed by atoms with Crippen LogP contribution in [0, 0.1) is 5.41 Å². The second-order valence-electron chi connectivity index (χ2n) is 4.92. The third-order valence-electron chi connectivity index (χ3n) is 3.66. The van der Waals surface area contributed by atoms with Crippen LogP contribution in [0.5, 0.6) is 0 Å². The van der Waals surface area contributed by atoms with Gasteiger partial charge >= 0.3 is 0 Å². The zero-order valence-electron chi connectivity index (χ0n) is 9.58. The van der Waals surface area contributed by atoms with Gasteiger partial charge in [0.15, 0.2) is 0 Å². The van der Waals surface area contributed by atoms with Crippen molar-refractivity contribution in [3.63, 3.8) is 0 Å². The summed E-state index contributed by atoms with van der Waals surface area (Å²) < 4.78 is 5.31. The Balaban J connectivity index is 1.99. The molecule has 1 amide bonds. The van der Waals surface area contributed by atoms with Crippen LogP contribution in [0.25, 0.3) is 0 Å². The van der Waals surface area contributed by atoms with E-state index >= 15 is 0 Å². The van der Waals surface area contributed by atoms with Crippen molar-refractivity contribution >= 4 is 5.91 Å². The van der Waals surface area contributed by atoms with Crippen LogP contribution in [-0.4, -0.2) is 50.2 Å². The highest BCUT2D eigenvalue weighted by Gasteiger charge is 2.40. The molecule has 0 aromatic rings. The molecule has 2 rings (SSSR count). The highest BCUT2D eigenvalue weighted by atomic mass is 16.5. The van der Waals surface area contributed by atoms with Crippen LogP contribution in [0.4, 0.5) is 0 Å². The third-order valence-corrected chi connectivity index (χ3v) is 3.66. The van der Waals surface area contributed by atoms with Crippen molar-refractivity contribution in [1.82, 2.24) is 10.2 Å². The first-order valence-corrected chi connectivity index (χ1v) is 5.69. The molecule has 0 saturated carbocycles. The first kappa shape index (κ1) is 10.9. The topological polar surface area (TPSA) is 41.6 Å². The van der Waals surface area contributed by atoms with Crippen molar-refractivity contribution < 1.29 is 9.53 Å². The van der Waals surface area contributed by atoms with E-state index in [1.165, 1.54) is 0 Å². The maximum Gasteiger partial charge on any atom is 0.229 e. The molecule has 0 aliphatic carbocycles. The van der Waals surface area contributed by atoms with E-state index in [0.29, 0.717) is 6.61 Å². The van der Waals surface area contributed by atoms with Gasteiger partial charge in [0.1, 0.15) is 0 Å². The van der Waals surface area contributed by atoms with E-state index in [9.17, 15) is 4.79 Å². The Morgan fingerprint density at radius 3 is 2.93 bits per heavy atom. The third kappa shape index (κ3) is 2.01. The number of carbonyl (C=O) groups is 1. The van der Waals surface area contributed by atoms with Crippen LogP contribution in [0.3, 0.4) is 0 Å². The lowest BCUT2D eigenvalue weighted by Crippen LogP contribution is -2.46. The van der Waals surface area contributed by atoms with E-state index in [-0.39, 0.29) is 17.4 Å². The molecule has 2 unspecified atom stereocenters. The standard InChI is InChI=1S/C11H20N2O2/c1-11(4-5-12-8-11)10(14)13(2)9-3-6-15-7-9/h9,12H,3-8H2,1-2H3. The summed E-state index contributed by atoms with van der Waals surface area (Å²) in [4.78, 5) is 14.2. The predicted molar refractivity (Wildman–Crippen MR) is 57.6 cm³/mol. The van der Waals surface area contributed by atoms with Gasteiger partial charge in [-0.3, -0.25) is 4.79 Å². The predicted octanol–water partition coefficient (Wildman–Crippen LogP) is 0.233. The lowest BCUT2D eigenvalue weighted by atomic mass is 9.87. The number of nitrogens with zero attached hydrogens (tertiary/aromatic N) is 1. The second kappa shape index (κ2) is 4.10. The van der Waals surface area contributed by atoms with Gasteiger partial charge in [-0.15, -0.1) is 0 Å². The molecule has 0 radical (unpaired) electrons. The molecule has 4 heteroatoms. The minimum absolute atomic E-state index is 0.197. The van der Waals surface area contributed by atoms with Gasteiger partial charge in [0.2, 0.25) is 5.91 Å². The fourth-order valence-corrected chi connectivity index (χ4v) is 2.42. The van der Waals surface area contributed by atoms with Crippen LogP contribution in [0.1, 0.15) is 19.8 Å². The summed E-state index contributed by atoms with van der Waals surface area (Å²) in [7, 11) is 1.91. The Hall–Kier alpha value is -0.610. The molecular weight excluding hydrogens is 192 g/mol. The van der Waals surface area contributed by atoms with Gasteiger partial charge in [0.05, 0.1) is 18.1 Å². The van der Waals surface area contributed by atoms with Crippen molar-refractivity contribution in [2.75, 3.05) is 33.4 Å². The van der Waals surface area contributed by atoms with Crippen molar-refractivity contribution in [3.8, 4) is 0 Å². The van der Waals surface area contributed by atoms with Gasteiger partial charge in [-0.25, -0.2) is 0 Å². The molecule has 0 aromatic heterocycles. The number of hydrogen-bond donors (Lipinski definition) is 1. The number of nitrogens with one attached hydrogen (secondary N) is 1. The van der Waals surface area contributed by atoms with Crippen LogP contribution in [-0.2, 0) is 9.53 Å². The molecule has 86 valence electrons. The Morgan fingerprint density at radius 2 is 2.40 bits per heavy atom. The Bertz CT molecular complexity index is 243. The van der Waals surface area contributed by atoms with Crippen LogP contribution in [0.2, 0.25) is 0 Å². The first-order chi connectivity index (χ1) is 7.13. The van der Waals surface area contributed by atoms with E-state index in [2.05, 4.69) is 12.2 Å². The molecule has 0 spiro atoms. The van der Waals surface area contributed by atoms with Crippen LogP contribution in [0.15, 0.2) is 0 Å². The molecule has 15 heavy (non-hydrogen) atoms. The second-order valence-corrected chi connectivity index (χ2v) is 4.92. The Kier molecular flexibility index (Phi) is 2.98. The minimum Gasteiger partial charge on any atom is -0.379 e. The summed E-state index contributed by atoms with van der Waals surface area (Å²) in [6.07, 6.45) is 1.93. The van der Waals surface area contributed by atoms with E-state index in [1.54, 1.807) is 0 Å². The number of rotatable bonds is 2. The van der Waals surface area contributed by atoms with Crippen molar-refractivity contribution in [1.29, 1.82) is 0 Å². The molecule has 2 aliphatic rings. The quantitative estimate of drug-likeness (QED) is 0.712. The maximum absolute atomic E-state index is 12.3. The summed E-state index contributed by atoms with van der Waals surface area (Å²) in [6.45, 7) is 5.31. The fraction of sp³-hybridized carbons (Fsp3) is 0.909. The molecule has 2 fully saturated rings. The summed E-state index contributed by atoms with van der Waals surface area (Å²) in [5.74, 6) is 0.267. The highest BCUT2D eigenvalue weighted by Crippen LogP contribution is 2.28. The zero-order chi connectivity index (χ0) is 10.9. The molecule has 0 bridgehead atoms. The van der Waals surface area contributed by atoms with Gasteiger partial charge in [-0.2, -0.15) is 0 Å². The lowest BCUT2D eigenvalue weighted by molar-refractivity contribution is -0.141. The molecule has 2 aliphatic heterocycles. The average Bonchev–Trinajstić information content (AvgIpc) is 2.86. The number of ether oxygens (including phenoxy) is 1. The van der Waals surface area contributed by atoms with Crippen LogP contribution >= 0.6 is 0 Å². The van der Waals surface area contributed by atoms with Gasteiger partial charge in [-0.05, 0) is 26.3 Å². The van der Waals surface area contributed by atoms with E-state index in [4.69, 9.17) is 4.74 Å². The monoisotopic (exact) mass is 212 g/mol. The van der Waals surface area contributed by atoms with E-state index < -0.39 is 0 Å². The first-order valence-electron chi connectivity index (χ1n) is 5.69. The number of likely N-dealkylation sites (N-methyl/N-ethyl adjacent to an activating group) is 1. The summed E-state index contributed by atoms with van der Waals surface area (Å²) in [6, 6.07) is 0.287. The normalized spacial score (nSPS) is 35.7. The molecule has 1 N–H and O–H groups in total.